The summed E-state index contributed by atoms with van der Waals surface area (Å²) in [6.45, 7) is 2.30. The van der Waals surface area contributed by atoms with Crippen LogP contribution in [-0.2, 0) is 11.8 Å². The van der Waals surface area contributed by atoms with Crippen molar-refractivity contribution in [2.75, 3.05) is 6.54 Å². The molecule has 0 saturated heterocycles. The Bertz CT molecular complexity index is 545. The molecule has 1 amide bonds. The molecule has 0 spiro atoms. The van der Waals surface area contributed by atoms with Gasteiger partial charge in [0.05, 0.1) is 10.4 Å². The molecule has 1 aromatic heterocycles. The second kappa shape index (κ2) is 6.10. The number of nitrogens with zero attached hydrogens (tertiary/aromatic N) is 1. The van der Waals surface area contributed by atoms with Gasteiger partial charge in [0, 0.05) is 19.8 Å². The highest BCUT2D eigenvalue weighted by Crippen LogP contribution is 2.38. The number of nitrogens with one attached hydrogen (secondary N) is 1. The zero-order valence-electron chi connectivity index (χ0n) is 12.4. The Morgan fingerprint density at radius 1 is 1.48 bits per heavy atom. The van der Waals surface area contributed by atoms with Gasteiger partial charge < -0.3 is 15.0 Å². The number of hydrogen-bond acceptors (Lipinski definition) is 2. The number of aryl methyl sites for hydroxylation is 1. The van der Waals surface area contributed by atoms with E-state index in [1.165, 1.54) is 0 Å². The van der Waals surface area contributed by atoms with E-state index in [2.05, 4.69) is 12.2 Å². The number of carboxylic acids is 1. The average Bonchev–Trinajstić information content (AvgIpc) is 2.77. The van der Waals surface area contributed by atoms with Crippen molar-refractivity contribution >= 4 is 23.5 Å². The van der Waals surface area contributed by atoms with Crippen molar-refractivity contribution in [3.05, 3.63) is 23.0 Å². The van der Waals surface area contributed by atoms with Gasteiger partial charge in [-0.2, -0.15) is 0 Å². The lowest BCUT2D eigenvalue weighted by molar-refractivity contribution is -0.151. The van der Waals surface area contributed by atoms with Gasteiger partial charge in [0.15, 0.2) is 0 Å². The fourth-order valence-corrected chi connectivity index (χ4v) is 3.12. The Kier molecular flexibility index (Phi) is 4.61. The van der Waals surface area contributed by atoms with Gasteiger partial charge in [0.2, 0.25) is 0 Å². The van der Waals surface area contributed by atoms with Crippen LogP contribution in [0.2, 0.25) is 5.02 Å². The highest BCUT2D eigenvalue weighted by molar-refractivity contribution is 6.31. The van der Waals surface area contributed by atoms with Crippen molar-refractivity contribution in [2.45, 2.75) is 32.6 Å². The normalized spacial score (nSPS) is 25.6. The molecule has 1 aromatic rings. The molecule has 6 heteroatoms. The smallest absolute Gasteiger partial charge is 0.311 e. The lowest BCUT2D eigenvalue weighted by atomic mass is 9.71. The Morgan fingerprint density at radius 3 is 2.57 bits per heavy atom. The number of halogens is 1. The largest absolute Gasteiger partial charge is 0.481 e. The second-order valence-corrected chi connectivity index (χ2v) is 6.54. The van der Waals surface area contributed by atoms with E-state index < -0.39 is 11.4 Å². The Hall–Kier alpha value is -1.49. The molecule has 2 N–H and O–H groups in total. The molecule has 2 rings (SSSR count). The molecule has 1 saturated carbocycles. The third-order valence-electron chi connectivity index (χ3n) is 4.48. The molecular weight excluding hydrogens is 292 g/mol. The molecule has 1 fully saturated rings. The van der Waals surface area contributed by atoms with Gasteiger partial charge >= 0.3 is 5.97 Å². The fourth-order valence-electron chi connectivity index (χ4n) is 2.87. The van der Waals surface area contributed by atoms with Crippen LogP contribution in [0.25, 0.3) is 0 Å². The van der Waals surface area contributed by atoms with Crippen molar-refractivity contribution in [3.63, 3.8) is 0 Å². The van der Waals surface area contributed by atoms with Crippen LogP contribution >= 0.6 is 11.6 Å². The minimum Gasteiger partial charge on any atom is -0.481 e. The number of carbonyl (C=O) groups is 2. The van der Waals surface area contributed by atoms with Gasteiger partial charge in [-0.25, -0.2) is 0 Å². The lowest BCUT2D eigenvalue weighted by Crippen LogP contribution is -2.45. The molecule has 0 aromatic carbocycles. The fraction of sp³-hybridized carbons (Fsp3) is 0.600. The van der Waals surface area contributed by atoms with Gasteiger partial charge in [-0.1, -0.05) is 18.5 Å². The Labute approximate surface area is 129 Å². The number of carboxylic acid groups (broad SMARTS) is 1. The van der Waals surface area contributed by atoms with Gasteiger partial charge in [0.25, 0.3) is 5.91 Å². The zero-order valence-corrected chi connectivity index (χ0v) is 13.1. The van der Waals surface area contributed by atoms with Crippen molar-refractivity contribution in [1.82, 2.24) is 9.88 Å². The summed E-state index contributed by atoms with van der Waals surface area (Å²) in [7, 11) is 1.73. The van der Waals surface area contributed by atoms with Crippen LogP contribution in [0.15, 0.2) is 12.3 Å². The molecule has 116 valence electrons. The summed E-state index contributed by atoms with van der Waals surface area (Å²) < 4.78 is 1.63. The summed E-state index contributed by atoms with van der Waals surface area (Å²) in [6.07, 6.45) is 4.64. The first-order valence-corrected chi connectivity index (χ1v) is 7.55. The third kappa shape index (κ3) is 3.40. The van der Waals surface area contributed by atoms with E-state index in [4.69, 9.17) is 11.6 Å². The van der Waals surface area contributed by atoms with Gasteiger partial charge in [0.1, 0.15) is 5.69 Å². The molecule has 5 nitrogen and oxygen atoms in total. The van der Waals surface area contributed by atoms with Crippen LogP contribution in [0, 0.1) is 11.3 Å². The molecule has 1 aliphatic rings. The molecule has 0 aliphatic heterocycles. The molecule has 21 heavy (non-hydrogen) atoms. The van der Waals surface area contributed by atoms with Crippen LogP contribution in [-0.4, -0.2) is 28.1 Å². The lowest BCUT2D eigenvalue weighted by Gasteiger charge is -2.35. The summed E-state index contributed by atoms with van der Waals surface area (Å²) in [6, 6.07) is 1.58. The summed E-state index contributed by atoms with van der Waals surface area (Å²) >= 11 is 5.86. The maximum atomic E-state index is 12.2. The highest BCUT2D eigenvalue weighted by Gasteiger charge is 2.41. The first-order chi connectivity index (χ1) is 9.84. The first-order valence-electron chi connectivity index (χ1n) is 7.17. The van der Waals surface area contributed by atoms with Gasteiger partial charge in [-0.05, 0) is 37.7 Å². The number of aromatic nitrogens is 1. The van der Waals surface area contributed by atoms with E-state index in [1.54, 1.807) is 23.9 Å². The van der Waals surface area contributed by atoms with Crippen molar-refractivity contribution in [2.24, 2.45) is 18.4 Å². The maximum absolute atomic E-state index is 12.2. The predicted octanol–water partition coefficient (Wildman–Crippen LogP) is 2.69. The number of hydrogen-bond donors (Lipinski definition) is 2. The van der Waals surface area contributed by atoms with Crippen LogP contribution in [0.4, 0.5) is 0 Å². The van der Waals surface area contributed by atoms with Crippen LogP contribution in [0.1, 0.15) is 43.1 Å². The Morgan fingerprint density at radius 2 is 2.10 bits per heavy atom. The molecule has 0 atom stereocenters. The standard InChI is InChI=1S/C15H21ClN2O3/c1-10-3-5-15(6-4-10,14(20)21)9-17-13(19)12-7-11(16)8-18(12)2/h7-8,10H,3-6,9H2,1-2H3,(H,17,19)(H,20,21). The van der Waals surface area contributed by atoms with Crippen LogP contribution in [0.3, 0.4) is 0 Å². The van der Waals surface area contributed by atoms with Crippen molar-refractivity contribution < 1.29 is 14.7 Å². The van der Waals surface area contributed by atoms with Gasteiger partial charge in [-0.15, -0.1) is 0 Å². The number of aliphatic carboxylic acids is 1. The number of rotatable bonds is 4. The molecular formula is C15H21ClN2O3. The van der Waals surface area contributed by atoms with E-state index in [-0.39, 0.29) is 12.5 Å². The average molecular weight is 313 g/mol. The molecule has 1 aliphatic carbocycles. The minimum atomic E-state index is -0.836. The highest BCUT2D eigenvalue weighted by atomic mass is 35.5. The Balaban J connectivity index is 2.04. The summed E-state index contributed by atoms with van der Waals surface area (Å²) in [5, 5.41) is 12.8. The van der Waals surface area contributed by atoms with E-state index in [0.29, 0.717) is 29.5 Å². The van der Waals surface area contributed by atoms with E-state index in [1.807, 2.05) is 0 Å². The number of amides is 1. The van der Waals surface area contributed by atoms with Gasteiger partial charge in [-0.3, -0.25) is 9.59 Å². The third-order valence-corrected chi connectivity index (χ3v) is 4.68. The monoisotopic (exact) mass is 312 g/mol. The summed E-state index contributed by atoms with van der Waals surface area (Å²) in [5.74, 6) is -0.553. The maximum Gasteiger partial charge on any atom is 0.311 e. The van der Waals surface area contributed by atoms with E-state index in [9.17, 15) is 14.7 Å². The zero-order chi connectivity index (χ0) is 15.6. The van der Waals surface area contributed by atoms with E-state index in [0.717, 1.165) is 12.8 Å². The van der Waals surface area contributed by atoms with Crippen molar-refractivity contribution in [1.29, 1.82) is 0 Å². The van der Waals surface area contributed by atoms with Crippen LogP contribution in [0.5, 0.6) is 0 Å². The predicted molar refractivity (Wildman–Crippen MR) is 80.5 cm³/mol. The molecule has 1 heterocycles. The van der Waals surface area contributed by atoms with Crippen LogP contribution < -0.4 is 5.32 Å². The summed E-state index contributed by atoms with van der Waals surface area (Å²) in [4.78, 5) is 23.8. The topological polar surface area (TPSA) is 71.3 Å². The minimum absolute atomic E-state index is 0.163. The van der Waals surface area contributed by atoms with E-state index >= 15 is 0 Å². The van der Waals surface area contributed by atoms with Crippen molar-refractivity contribution in [3.8, 4) is 0 Å². The second-order valence-electron chi connectivity index (χ2n) is 6.11. The molecule has 0 unspecified atom stereocenters. The molecule has 0 bridgehead atoms. The first kappa shape index (κ1) is 15.9. The number of carbonyl (C=O) groups excluding carboxylic acids is 1. The summed E-state index contributed by atoms with van der Waals surface area (Å²) in [5.41, 5.74) is -0.401. The molecule has 0 radical (unpaired) electrons. The quantitative estimate of drug-likeness (QED) is 0.898. The SMILES string of the molecule is CC1CCC(CNC(=O)c2cc(Cl)cn2C)(C(=O)O)CC1.